The molecule has 0 saturated heterocycles. The molecule has 0 unspecified atom stereocenters. The summed E-state index contributed by atoms with van der Waals surface area (Å²) in [5.74, 6) is 0. The first kappa shape index (κ1) is 9.25. The predicted octanol–water partition coefficient (Wildman–Crippen LogP) is -0.670. The van der Waals surface area contributed by atoms with Crippen molar-refractivity contribution in [2.75, 3.05) is 0 Å². The van der Waals surface area contributed by atoms with Crippen molar-refractivity contribution in [1.29, 1.82) is 0 Å². The van der Waals surface area contributed by atoms with Gasteiger partial charge in [0.05, 0.1) is 4.75 Å². The molecule has 0 aromatic carbocycles. The maximum Gasteiger partial charge on any atom is 0.215 e. The second-order valence-electron chi connectivity index (χ2n) is 3.62. The van der Waals surface area contributed by atoms with E-state index in [-0.39, 0.29) is 17.9 Å². The molecule has 4 nitrogen and oxygen atoms in total. The summed E-state index contributed by atoms with van der Waals surface area (Å²) in [5.41, 5.74) is 5.48. The summed E-state index contributed by atoms with van der Waals surface area (Å²) >= 11 is 0. The molecule has 11 heavy (non-hydrogen) atoms. The van der Waals surface area contributed by atoms with Gasteiger partial charge in [-0.05, 0) is 19.3 Å². The second kappa shape index (κ2) is 1.90. The first-order valence-electron chi connectivity index (χ1n) is 3.18. The molecule has 0 aromatic heterocycles. The van der Waals surface area contributed by atoms with Gasteiger partial charge in [0.2, 0.25) is 10.0 Å². The van der Waals surface area contributed by atoms with E-state index in [1.807, 2.05) is 0 Å². The molecule has 6 heteroatoms. The summed E-state index contributed by atoms with van der Waals surface area (Å²) in [7, 11) is -3.32. The molecule has 3 fully saturated rings. The third-order valence-electron chi connectivity index (χ3n) is 2.63. The fourth-order valence-electron chi connectivity index (χ4n) is 2.07. The van der Waals surface area contributed by atoms with Gasteiger partial charge in [0.25, 0.3) is 0 Å². The van der Waals surface area contributed by atoms with Crippen LogP contribution in [0.25, 0.3) is 0 Å². The SMILES string of the molecule is Cl.NC12CC(S(N)(=O)=O)(C1)C2. The normalized spacial score (nSPS) is 46.7. The Bertz CT molecular complexity index is 267. The molecule has 0 spiro atoms. The highest BCUT2D eigenvalue weighted by Crippen LogP contribution is 2.62. The number of primary sulfonamides is 1. The first-order chi connectivity index (χ1) is 4.37. The van der Waals surface area contributed by atoms with Gasteiger partial charge in [-0.3, -0.25) is 0 Å². The Kier molecular flexibility index (Phi) is 1.60. The minimum Gasteiger partial charge on any atom is -0.325 e. The lowest BCUT2D eigenvalue weighted by atomic mass is 9.49. The lowest BCUT2D eigenvalue weighted by Gasteiger charge is -2.66. The van der Waals surface area contributed by atoms with Crippen LogP contribution in [0.4, 0.5) is 0 Å². The average Bonchev–Trinajstić information content (AvgIpc) is 1.51. The zero-order chi connectivity index (χ0) is 7.62. The highest BCUT2D eigenvalue weighted by molar-refractivity contribution is 7.90. The van der Waals surface area contributed by atoms with Crippen LogP contribution < -0.4 is 10.9 Å². The molecule has 4 N–H and O–H groups in total. The van der Waals surface area contributed by atoms with Crippen LogP contribution in [0.2, 0.25) is 0 Å². The van der Waals surface area contributed by atoms with Crippen molar-refractivity contribution in [3.8, 4) is 0 Å². The molecular formula is C5H11ClN2O2S. The van der Waals surface area contributed by atoms with Crippen molar-refractivity contribution in [2.24, 2.45) is 10.9 Å². The summed E-state index contributed by atoms with van der Waals surface area (Å²) in [5, 5.41) is 4.99. The van der Waals surface area contributed by atoms with E-state index >= 15 is 0 Å². The number of hydrogen-bond donors (Lipinski definition) is 2. The van der Waals surface area contributed by atoms with Crippen LogP contribution in [0, 0.1) is 0 Å². The Morgan fingerprint density at radius 2 is 1.55 bits per heavy atom. The third kappa shape index (κ3) is 0.917. The second-order valence-corrected chi connectivity index (χ2v) is 5.58. The average molecular weight is 199 g/mol. The van der Waals surface area contributed by atoms with E-state index in [1.54, 1.807) is 0 Å². The van der Waals surface area contributed by atoms with Crippen LogP contribution in [0.5, 0.6) is 0 Å². The van der Waals surface area contributed by atoms with Gasteiger partial charge in [-0.2, -0.15) is 0 Å². The molecule has 3 aliphatic carbocycles. The fourth-order valence-corrected chi connectivity index (χ4v) is 3.54. The Hall–Kier alpha value is 0.160. The van der Waals surface area contributed by atoms with Gasteiger partial charge in [-0.15, -0.1) is 12.4 Å². The molecule has 2 bridgehead atoms. The zero-order valence-electron chi connectivity index (χ0n) is 5.91. The lowest BCUT2D eigenvalue weighted by molar-refractivity contribution is 0.00971. The van der Waals surface area contributed by atoms with E-state index in [0.717, 1.165) is 0 Å². The molecular weight excluding hydrogens is 188 g/mol. The highest BCUT2D eigenvalue weighted by atomic mass is 35.5. The maximum absolute atomic E-state index is 10.8. The quantitative estimate of drug-likeness (QED) is 0.586. The van der Waals surface area contributed by atoms with E-state index < -0.39 is 14.8 Å². The Balaban J connectivity index is 0.000000605. The molecule has 0 aliphatic heterocycles. The minimum atomic E-state index is -3.32. The van der Waals surface area contributed by atoms with Gasteiger partial charge in [-0.25, -0.2) is 13.6 Å². The van der Waals surface area contributed by atoms with Crippen LogP contribution in [0.3, 0.4) is 0 Å². The number of hydrogen-bond acceptors (Lipinski definition) is 3. The van der Waals surface area contributed by atoms with Crippen LogP contribution in [0.15, 0.2) is 0 Å². The Morgan fingerprint density at radius 1 is 1.18 bits per heavy atom. The monoisotopic (exact) mass is 198 g/mol. The summed E-state index contributed by atoms with van der Waals surface area (Å²) in [6.45, 7) is 0. The topological polar surface area (TPSA) is 86.2 Å². The molecule has 0 atom stereocenters. The van der Waals surface area contributed by atoms with E-state index in [1.165, 1.54) is 0 Å². The van der Waals surface area contributed by atoms with Gasteiger partial charge in [0.1, 0.15) is 0 Å². The third-order valence-corrected chi connectivity index (χ3v) is 4.27. The van der Waals surface area contributed by atoms with Crippen molar-refractivity contribution >= 4 is 22.4 Å². The van der Waals surface area contributed by atoms with Gasteiger partial charge >= 0.3 is 0 Å². The van der Waals surface area contributed by atoms with E-state index in [9.17, 15) is 8.42 Å². The van der Waals surface area contributed by atoms with Crippen molar-refractivity contribution in [2.45, 2.75) is 29.5 Å². The lowest BCUT2D eigenvalue weighted by Crippen LogP contribution is -2.80. The summed E-state index contributed by atoms with van der Waals surface area (Å²) in [6, 6.07) is 0. The number of halogens is 1. The largest absolute Gasteiger partial charge is 0.325 e. The zero-order valence-corrected chi connectivity index (χ0v) is 7.54. The van der Waals surface area contributed by atoms with E-state index in [0.29, 0.717) is 19.3 Å². The van der Waals surface area contributed by atoms with Crippen molar-refractivity contribution in [1.82, 2.24) is 0 Å². The molecule has 3 rings (SSSR count). The van der Waals surface area contributed by atoms with E-state index in [2.05, 4.69) is 0 Å². The Morgan fingerprint density at radius 3 is 1.64 bits per heavy atom. The van der Waals surface area contributed by atoms with Crippen molar-refractivity contribution in [3.63, 3.8) is 0 Å². The number of nitrogens with two attached hydrogens (primary N) is 2. The van der Waals surface area contributed by atoms with Crippen LogP contribution >= 0.6 is 12.4 Å². The summed E-state index contributed by atoms with van der Waals surface area (Å²) < 4.78 is 21.1. The fraction of sp³-hybridized carbons (Fsp3) is 1.00. The molecule has 0 heterocycles. The molecule has 3 saturated carbocycles. The van der Waals surface area contributed by atoms with Crippen molar-refractivity contribution < 1.29 is 8.42 Å². The summed E-state index contributed by atoms with van der Waals surface area (Å²) in [4.78, 5) is 0. The minimum absolute atomic E-state index is 0. The van der Waals surface area contributed by atoms with Gasteiger partial charge in [0.15, 0.2) is 0 Å². The molecule has 66 valence electrons. The number of sulfonamides is 1. The smallest absolute Gasteiger partial charge is 0.215 e. The first-order valence-corrected chi connectivity index (χ1v) is 4.73. The molecule has 0 amide bonds. The standard InChI is InChI=1S/C5H10N2O2S.ClH/c6-4-1-5(2-4,3-4)10(7,8)9;/h1-3,6H2,(H2,7,8,9);1H. The van der Waals surface area contributed by atoms with Gasteiger partial charge < -0.3 is 5.73 Å². The molecule has 3 aliphatic rings. The van der Waals surface area contributed by atoms with Crippen LogP contribution in [-0.4, -0.2) is 18.7 Å². The number of rotatable bonds is 1. The van der Waals surface area contributed by atoms with E-state index in [4.69, 9.17) is 10.9 Å². The highest BCUT2D eigenvalue weighted by Gasteiger charge is 2.71. The maximum atomic E-state index is 10.8. The van der Waals surface area contributed by atoms with Gasteiger partial charge in [-0.1, -0.05) is 0 Å². The Labute approximate surface area is 71.8 Å². The molecule has 0 radical (unpaired) electrons. The van der Waals surface area contributed by atoms with Crippen LogP contribution in [0.1, 0.15) is 19.3 Å². The van der Waals surface area contributed by atoms with Gasteiger partial charge in [0, 0.05) is 5.54 Å². The molecule has 0 aromatic rings. The predicted molar refractivity (Wildman–Crippen MR) is 43.9 cm³/mol. The van der Waals surface area contributed by atoms with Crippen molar-refractivity contribution in [3.05, 3.63) is 0 Å². The van der Waals surface area contributed by atoms with Crippen LogP contribution in [-0.2, 0) is 10.0 Å². The summed E-state index contributed by atoms with van der Waals surface area (Å²) in [6.07, 6.45) is 1.70.